The molecule has 0 saturated carbocycles. The molecule has 1 saturated heterocycles. The third-order valence-corrected chi connectivity index (χ3v) is 4.19. The minimum atomic E-state index is 0.593. The zero-order valence-electron chi connectivity index (χ0n) is 12.6. The molecule has 0 aromatic carbocycles. The lowest BCUT2D eigenvalue weighted by Gasteiger charge is -2.32. The zero-order valence-corrected chi connectivity index (χ0v) is 12.6. The van der Waals surface area contributed by atoms with Crippen LogP contribution in [0.3, 0.4) is 0 Å². The van der Waals surface area contributed by atoms with Gasteiger partial charge in [0.2, 0.25) is 0 Å². The molecular weight excluding hydrogens is 236 g/mol. The fraction of sp³-hybridized carbons (Fsp3) is 0.800. The molecule has 19 heavy (non-hydrogen) atoms. The SMILES string of the molecule is CCn1cncc1CN(CC1CCNCC1)C(C)C. The lowest BCUT2D eigenvalue weighted by atomic mass is 9.97. The van der Waals surface area contributed by atoms with Gasteiger partial charge in [0.1, 0.15) is 0 Å². The summed E-state index contributed by atoms with van der Waals surface area (Å²) >= 11 is 0. The van der Waals surface area contributed by atoms with Gasteiger partial charge in [0.25, 0.3) is 0 Å². The molecule has 1 aromatic rings. The number of nitrogens with one attached hydrogen (secondary N) is 1. The first kappa shape index (κ1) is 14.5. The van der Waals surface area contributed by atoms with E-state index in [-0.39, 0.29) is 0 Å². The van der Waals surface area contributed by atoms with E-state index in [1.807, 2.05) is 12.5 Å². The molecule has 4 heteroatoms. The number of hydrogen-bond acceptors (Lipinski definition) is 3. The number of piperidine rings is 1. The average molecular weight is 264 g/mol. The van der Waals surface area contributed by atoms with Crippen molar-refractivity contribution >= 4 is 0 Å². The van der Waals surface area contributed by atoms with Crippen molar-refractivity contribution in [1.29, 1.82) is 0 Å². The summed E-state index contributed by atoms with van der Waals surface area (Å²) in [6.07, 6.45) is 6.59. The summed E-state index contributed by atoms with van der Waals surface area (Å²) in [4.78, 5) is 6.87. The van der Waals surface area contributed by atoms with Gasteiger partial charge < -0.3 is 9.88 Å². The highest BCUT2D eigenvalue weighted by atomic mass is 15.2. The molecule has 4 nitrogen and oxygen atoms in total. The molecule has 1 N–H and O–H groups in total. The lowest BCUT2D eigenvalue weighted by Crippen LogP contribution is -2.39. The molecule has 0 amide bonds. The fourth-order valence-corrected chi connectivity index (χ4v) is 2.83. The number of aryl methyl sites for hydroxylation is 1. The zero-order chi connectivity index (χ0) is 13.7. The molecule has 2 rings (SSSR count). The second kappa shape index (κ2) is 7.06. The van der Waals surface area contributed by atoms with Crippen molar-refractivity contribution in [3.8, 4) is 0 Å². The average Bonchev–Trinajstić information content (AvgIpc) is 2.86. The molecule has 0 atom stereocenters. The topological polar surface area (TPSA) is 33.1 Å². The first-order valence-electron chi connectivity index (χ1n) is 7.64. The van der Waals surface area contributed by atoms with Gasteiger partial charge in [0, 0.05) is 31.9 Å². The van der Waals surface area contributed by atoms with E-state index in [2.05, 4.69) is 40.5 Å². The third-order valence-electron chi connectivity index (χ3n) is 4.19. The van der Waals surface area contributed by atoms with Crippen molar-refractivity contribution < 1.29 is 0 Å². The first-order chi connectivity index (χ1) is 9.20. The number of nitrogens with zero attached hydrogens (tertiary/aromatic N) is 3. The molecule has 108 valence electrons. The van der Waals surface area contributed by atoms with Gasteiger partial charge >= 0.3 is 0 Å². The quantitative estimate of drug-likeness (QED) is 0.854. The number of rotatable bonds is 6. The molecule has 1 fully saturated rings. The van der Waals surface area contributed by atoms with Crippen LogP contribution in [0.25, 0.3) is 0 Å². The van der Waals surface area contributed by atoms with E-state index in [0.717, 1.165) is 19.0 Å². The van der Waals surface area contributed by atoms with E-state index in [0.29, 0.717) is 6.04 Å². The smallest absolute Gasteiger partial charge is 0.0948 e. The maximum atomic E-state index is 4.28. The van der Waals surface area contributed by atoms with Crippen LogP contribution in [0.1, 0.15) is 39.3 Å². The van der Waals surface area contributed by atoms with Crippen LogP contribution in [0.5, 0.6) is 0 Å². The fourth-order valence-electron chi connectivity index (χ4n) is 2.83. The Morgan fingerprint density at radius 3 is 2.79 bits per heavy atom. The van der Waals surface area contributed by atoms with Crippen molar-refractivity contribution in [2.75, 3.05) is 19.6 Å². The molecule has 1 aliphatic rings. The third kappa shape index (κ3) is 4.05. The van der Waals surface area contributed by atoms with Gasteiger partial charge in [-0.2, -0.15) is 0 Å². The van der Waals surface area contributed by atoms with E-state index in [1.54, 1.807) is 0 Å². The Bertz CT molecular complexity index is 366. The molecule has 0 unspecified atom stereocenters. The maximum Gasteiger partial charge on any atom is 0.0948 e. The second-order valence-corrected chi connectivity index (χ2v) is 5.89. The van der Waals surface area contributed by atoms with Crippen LogP contribution in [0.15, 0.2) is 12.5 Å². The molecule has 0 aliphatic carbocycles. The Kier molecular flexibility index (Phi) is 5.40. The molecule has 0 spiro atoms. The van der Waals surface area contributed by atoms with Crippen LogP contribution in [-0.4, -0.2) is 40.1 Å². The summed E-state index contributed by atoms with van der Waals surface area (Å²) < 4.78 is 2.25. The van der Waals surface area contributed by atoms with Gasteiger partial charge in [-0.25, -0.2) is 4.98 Å². The molecule has 0 bridgehead atoms. The highest BCUT2D eigenvalue weighted by molar-refractivity contribution is 4.98. The maximum absolute atomic E-state index is 4.28. The van der Waals surface area contributed by atoms with Gasteiger partial charge in [-0.15, -0.1) is 0 Å². The summed E-state index contributed by atoms with van der Waals surface area (Å²) in [6, 6.07) is 0.593. The summed E-state index contributed by atoms with van der Waals surface area (Å²) in [5, 5.41) is 3.45. The highest BCUT2D eigenvalue weighted by Crippen LogP contribution is 2.17. The minimum absolute atomic E-state index is 0.593. The Labute approximate surface area is 117 Å². The van der Waals surface area contributed by atoms with E-state index < -0.39 is 0 Å². The van der Waals surface area contributed by atoms with Crippen LogP contribution >= 0.6 is 0 Å². The van der Waals surface area contributed by atoms with E-state index in [4.69, 9.17) is 0 Å². The number of hydrogen-bond donors (Lipinski definition) is 1. The summed E-state index contributed by atoms with van der Waals surface area (Å²) in [5.41, 5.74) is 1.34. The monoisotopic (exact) mass is 264 g/mol. The largest absolute Gasteiger partial charge is 0.334 e. The van der Waals surface area contributed by atoms with E-state index in [1.165, 1.54) is 38.2 Å². The summed E-state index contributed by atoms with van der Waals surface area (Å²) in [7, 11) is 0. The molecule has 1 aromatic heterocycles. The van der Waals surface area contributed by atoms with Crippen LogP contribution in [0.4, 0.5) is 0 Å². The van der Waals surface area contributed by atoms with Crippen LogP contribution in [-0.2, 0) is 13.1 Å². The van der Waals surface area contributed by atoms with Gasteiger partial charge in [-0.1, -0.05) is 0 Å². The van der Waals surface area contributed by atoms with E-state index in [9.17, 15) is 0 Å². The Morgan fingerprint density at radius 2 is 2.16 bits per heavy atom. The standard InChI is InChI=1S/C15H28N4/c1-4-18-12-17-9-15(18)11-19(13(2)3)10-14-5-7-16-8-6-14/h9,12-14,16H,4-8,10-11H2,1-3H3. The Balaban J connectivity index is 1.95. The van der Waals surface area contributed by atoms with Crippen LogP contribution < -0.4 is 5.32 Å². The second-order valence-electron chi connectivity index (χ2n) is 5.89. The minimum Gasteiger partial charge on any atom is -0.334 e. The van der Waals surface area contributed by atoms with Crippen molar-refractivity contribution in [3.63, 3.8) is 0 Å². The Hall–Kier alpha value is -0.870. The lowest BCUT2D eigenvalue weighted by molar-refractivity contribution is 0.158. The normalized spacial score (nSPS) is 17.5. The highest BCUT2D eigenvalue weighted by Gasteiger charge is 2.19. The Morgan fingerprint density at radius 1 is 1.42 bits per heavy atom. The molecule has 1 aliphatic heterocycles. The molecule has 2 heterocycles. The van der Waals surface area contributed by atoms with Gasteiger partial charge in [-0.3, -0.25) is 4.90 Å². The van der Waals surface area contributed by atoms with Crippen molar-refractivity contribution in [2.24, 2.45) is 5.92 Å². The summed E-state index contributed by atoms with van der Waals surface area (Å²) in [6.45, 7) is 12.4. The first-order valence-corrected chi connectivity index (χ1v) is 7.64. The molecule has 0 radical (unpaired) electrons. The van der Waals surface area contributed by atoms with Gasteiger partial charge in [-0.05, 0) is 52.6 Å². The number of imidazole rings is 1. The summed E-state index contributed by atoms with van der Waals surface area (Å²) in [5.74, 6) is 0.849. The van der Waals surface area contributed by atoms with Crippen molar-refractivity contribution in [3.05, 3.63) is 18.2 Å². The van der Waals surface area contributed by atoms with Crippen LogP contribution in [0, 0.1) is 5.92 Å². The predicted molar refractivity (Wildman–Crippen MR) is 79.0 cm³/mol. The van der Waals surface area contributed by atoms with Gasteiger partial charge in [0.15, 0.2) is 0 Å². The van der Waals surface area contributed by atoms with Crippen molar-refractivity contribution in [2.45, 2.75) is 52.7 Å². The number of aromatic nitrogens is 2. The van der Waals surface area contributed by atoms with Gasteiger partial charge in [0.05, 0.1) is 12.0 Å². The van der Waals surface area contributed by atoms with Crippen molar-refractivity contribution in [1.82, 2.24) is 19.8 Å². The van der Waals surface area contributed by atoms with Crippen LogP contribution in [0.2, 0.25) is 0 Å². The molecular formula is C15H28N4. The predicted octanol–water partition coefficient (Wildman–Crippen LogP) is 2.11. The van der Waals surface area contributed by atoms with E-state index >= 15 is 0 Å².